The molecule has 0 amide bonds. The average Bonchev–Trinajstić information content (AvgIpc) is 2.18. The fourth-order valence-electron chi connectivity index (χ4n) is 0.870. The molecular formula is C10H13NO3. The monoisotopic (exact) mass is 195 g/mol. The van der Waals surface area contributed by atoms with Crippen molar-refractivity contribution in [3.05, 3.63) is 30.3 Å². The number of nitrogens with two attached hydrogens (primary N) is 1. The quantitative estimate of drug-likeness (QED) is 0.537. The predicted molar refractivity (Wildman–Crippen MR) is 51.7 cm³/mol. The minimum atomic E-state index is -1.00. The van der Waals surface area contributed by atoms with Gasteiger partial charge in [-0.05, 0) is 19.1 Å². The third-order valence-electron chi connectivity index (χ3n) is 1.75. The number of aliphatic hydroxyl groups is 1. The number of hydrogen-bond donors (Lipinski definition) is 2. The molecule has 0 heterocycles. The zero-order chi connectivity index (χ0) is 10.6. The van der Waals surface area contributed by atoms with Crippen LogP contribution in [0, 0.1) is 0 Å². The third-order valence-corrected chi connectivity index (χ3v) is 1.75. The molecule has 3 N–H and O–H groups in total. The van der Waals surface area contributed by atoms with E-state index in [0.29, 0.717) is 5.75 Å². The number of rotatable bonds is 3. The molecule has 4 nitrogen and oxygen atoms in total. The second-order valence-electron chi connectivity index (χ2n) is 3.00. The van der Waals surface area contributed by atoms with Crippen LogP contribution in [0.5, 0.6) is 5.75 Å². The smallest absolute Gasteiger partial charge is 0.330 e. The fraction of sp³-hybridized carbons (Fsp3) is 0.300. The van der Waals surface area contributed by atoms with E-state index >= 15 is 0 Å². The summed E-state index contributed by atoms with van der Waals surface area (Å²) in [7, 11) is 0. The lowest BCUT2D eigenvalue weighted by atomic mass is 10.2. The average molecular weight is 195 g/mol. The van der Waals surface area contributed by atoms with E-state index in [4.69, 9.17) is 15.6 Å². The molecule has 0 saturated heterocycles. The first-order valence-electron chi connectivity index (χ1n) is 4.31. The van der Waals surface area contributed by atoms with Crippen molar-refractivity contribution in [1.29, 1.82) is 0 Å². The molecular weight excluding hydrogens is 182 g/mol. The van der Waals surface area contributed by atoms with Crippen molar-refractivity contribution in [2.24, 2.45) is 5.73 Å². The first kappa shape index (κ1) is 10.7. The van der Waals surface area contributed by atoms with Crippen molar-refractivity contribution >= 4 is 5.97 Å². The molecule has 0 aliphatic rings. The number of hydrogen-bond acceptors (Lipinski definition) is 4. The van der Waals surface area contributed by atoms with Crippen LogP contribution in [0.2, 0.25) is 0 Å². The predicted octanol–water partition coefficient (Wildman–Crippen LogP) is 0.300. The van der Waals surface area contributed by atoms with Crippen LogP contribution in [-0.2, 0) is 4.79 Å². The Morgan fingerprint density at radius 1 is 1.43 bits per heavy atom. The maximum Gasteiger partial charge on any atom is 0.330 e. The van der Waals surface area contributed by atoms with Crippen LogP contribution in [0.1, 0.15) is 6.92 Å². The van der Waals surface area contributed by atoms with Gasteiger partial charge in [0.15, 0.2) is 0 Å². The topological polar surface area (TPSA) is 72.5 Å². The van der Waals surface area contributed by atoms with Crippen molar-refractivity contribution in [1.82, 2.24) is 0 Å². The molecule has 0 unspecified atom stereocenters. The normalized spacial score (nSPS) is 14.5. The second-order valence-corrected chi connectivity index (χ2v) is 3.00. The van der Waals surface area contributed by atoms with E-state index in [1.54, 1.807) is 24.3 Å². The van der Waals surface area contributed by atoms with Crippen molar-refractivity contribution in [2.75, 3.05) is 0 Å². The Morgan fingerprint density at radius 3 is 2.50 bits per heavy atom. The lowest BCUT2D eigenvalue weighted by Gasteiger charge is -2.13. The highest BCUT2D eigenvalue weighted by molar-refractivity contribution is 5.78. The SMILES string of the molecule is C[C@@H](O)[C@H](N)C(=O)Oc1ccccc1. The van der Waals surface area contributed by atoms with Gasteiger partial charge in [0.2, 0.25) is 0 Å². The molecule has 0 aromatic heterocycles. The van der Waals surface area contributed by atoms with E-state index in [1.165, 1.54) is 6.92 Å². The molecule has 0 fully saturated rings. The molecule has 0 aliphatic carbocycles. The third kappa shape index (κ3) is 2.83. The lowest BCUT2D eigenvalue weighted by molar-refractivity contribution is -0.138. The van der Waals surface area contributed by atoms with E-state index in [-0.39, 0.29) is 0 Å². The maximum absolute atomic E-state index is 11.2. The summed E-state index contributed by atoms with van der Waals surface area (Å²) in [5, 5.41) is 9.04. The summed E-state index contributed by atoms with van der Waals surface area (Å²) in [6.07, 6.45) is -0.911. The van der Waals surface area contributed by atoms with E-state index < -0.39 is 18.1 Å². The van der Waals surface area contributed by atoms with Crippen LogP contribution in [0.3, 0.4) is 0 Å². The van der Waals surface area contributed by atoms with Gasteiger partial charge in [0.1, 0.15) is 11.8 Å². The molecule has 0 spiro atoms. The van der Waals surface area contributed by atoms with E-state index in [1.807, 2.05) is 6.07 Å². The molecule has 76 valence electrons. The van der Waals surface area contributed by atoms with Crippen molar-refractivity contribution in [3.63, 3.8) is 0 Å². The van der Waals surface area contributed by atoms with Gasteiger partial charge in [-0.15, -0.1) is 0 Å². The highest BCUT2D eigenvalue weighted by Crippen LogP contribution is 2.09. The Bertz CT molecular complexity index is 297. The highest BCUT2D eigenvalue weighted by atomic mass is 16.5. The summed E-state index contributed by atoms with van der Waals surface area (Å²) in [6, 6.07) is 7.59. The van der Waals surface area contributed by atoms with E-state index in [0.717, 1.165) is 0 Å². The number of para-hydroxylation sites is 1. The maximum atomic E-state index is 11.2. The molecule has 0 saturated carbocycles. The van der Waals surface area contributed by atoms with E-state index in [9.17, 15) is 4.79 Å². The summed E-state index contributed by atoms with van der Waals surface area (Å²) < 4.78 is 4.91. The Hall–Kier alpha value is -1.39. The molecule has 2 atom stereocenters. The minimum absolute atomic E-state index is 0.425. The summed E-state index contributed by atoms with van der Waals surface area (Å²) >= 11 is 0. The molecule has 0 radical (unpaired) electrons. The van der Waals surface area contributed by atoms with Crippen LogP contribution < -0.4 is 10.5 Å². The molecule has 1 aromatic carbocycles. The van der Waals surface area contributed by atoms with Crippen LogP contribution in [0.25, 0.3) is 0 Å². The van der Waals surface area contributed by atoms with Gasteiger partial charge in [-0.25, -0.2) is 4.79 Å². The van der Waals surface area contributed by atoms with Crippen LogP contribution in [0.4, 0.5) is 0 Å². The molecule has 4 heteroatoms. The van der Waals surface area contributed by atoms with Gasteiger partial charge in [-0.1, -0.05) is 18.2 Å². The van der Waals surface area contributed by atoms with Gasteiger partial charge >= 0.3 is 5.97 Å². The van der Waals surface area contributed by atoms with Gasteiger partial charge in [-0.2, -0.15) is 0 Å². The van der Waals surface area contributed by atoms with Crippen LogP contribution >= 0.6 is 0 Å². The largest absolute Gasteiger partial charge is 0.425 e. The van der Waals surface area contributed by atoms with Gasteiger partial charge < -0.3 is 15.6 Å². The first-order chi connectivity index (χ1) is 6.61. The van der Waals surface area contributed by atoms with Crippen molar-refractivity contribution in [2.45, 2.75) is 19.1 Å². The second kappa shape index (κ2) is 4.74. The summed E-state index contributed by atoms with van der Waals surface area (Å²) in [6.45, 7) is 1.44. The summed E-state index contributed by atoms with van der Waals surface area (Å²) in [4.78, 5) is 11.2. The fourth-order valence-corrected chi connectivity index (χ4v) is 0.870. The van der Waals surface area contributed by atoms with Gasteiger partial charge in [0.05, 0.1) is 6.10 Å². The van der Waals surface area contributed by atoms with Gasteiger partial charge in [0, 0.05) is 0 Å². The molecule has 14 heavy (non-hydrogen) atoms. The molecule has 1 aromatic rings. The number of benzene rings is 1. The first-order valence-corrected chi connectivity index (χ1v) is 4.31. The standard InChI is InChI=1S/C10H13NO3/c1-7(12)9(11)10(13)14-8-5-3-2-4-6-8/h2-7,9,12H,11H2,1H3/t7-,9+/m1/s1. The Kier molecular flexibility index (Phi) is 3.62. The Balaban J connectivity index is 2.58. The van der Waals surface area contributed by atoms with Crippen LogP contribution in [-0.4, -0.2) is 23.2 Å². The van der Waals surface area contributed by atoms with Crippen molar-refractivity contribution in [3.8, 4) is 5.75 Å². The number of carbonyl (C=O) groups is 1. The molecule has 0 bridgehead atoms. The van der Waals surface area contributed by atoms with Crippen LogP contribution in [0.15, 0.2) is 30.3 Å². The van der Waals surface area contributed by atoms with Gasteiger partial charge in [-0.3, -0.25) is 0 Å². The van der Waals surface area contributed by atoms with E-state index in [2.05, 4.69) is 0 Å². The van der Waals surface area contributed by atoms with Gasteiger partial charge in [0.25, 0.3) is 0 Å². The Morgan fingerprint density at radius 2 is 2.00 bits per heavy atom. The number of aliphatic hydroxyl groups excluding tert-OH is 1. The number of carbonyl (C=O) groups excluding carboxylic acids is 1. The zero-order valence-electron chi connectivity index (χ0n) is 7.88. The number of ether oxygens (including phenoxy) is 1. The summed E-state index contributed by atoms with van der Waals surface area (Å²) in [5.74, 6) is -0.209. The highest BCUT2D eigenvalue weighted by Gasteiger charge is 2.20. The Labute approximate surface area is 82.3 Å². The number of esters is 1. The lowest BCUT2D eigenvalue weighted by Crippen LogP contribution is -2.42. The minimum Gasteiger partial charge on any atom is -0.425 e. The van der Waals surface area contributed by atoms with Crippen molar-refractivity contribution < 1.29 is 14.6 Å². The molecule has 1 rings (SSSR count). The molecule has 0 aliphatic heterocycles. The zero-order valence-corrected chi connectivity index (χ0v) is 7.88. The summed E-state index contributed by atoms with van der Waals surface area (Å²) in [5.41, 5.74) is 5.38.